The van der Waals surface area contributed by atoms with Gasteiger partial charge >= 0.3 is 0 Å². The molecule has 1 aromatic heterocycles. The van der Waals surface area contributed by atoms with E-state index in [9.17, 15) is 14.0 Å². The standard InChI is InChI=1S/C17H18FN3O3S/c1-10-7-21(8-11(2)24-10)16(23)14-9-25-17(19-14)20-15(22)12-5-3-4-6-13(12)18/h3-6,9-11H,7-8H2,1-2H3,(H,19,20,22). The number of rotatable bonds is 3. The molecule has 1 N–H and O–H groups in total. The van der Waals surface area contributed by atoms with Crippen LogP contribution in [0.1, 0.15) is 34.7 Å². The van der Waals surface area contributed by atoms with Crippen LogP contribution >= 0.6 is 11.3 Å². The van der Waals surface area contributed by atoms with E-state index < -0.39 is 11.7 Å². The summed E-state index contributed by atoms with van der Waals surface area (Å²) in [6, 6.07) is 5.69. The molecule has 1 fully saturated rings. The summed E-state index contributed by atoms with van der Waals surface area (Å²) in [5, 5.41) is 4.37. The fraction of sp³-hybridized carbons (Fsp3) is 0.353. The first-order valence-corrected chi connectivity index (χ1v) is 8.78. The number of nitrogens with one attached hydrogen (secondary N) is 1. The second-order valence-corrected chi connectivity index (χ2v) is 6.80. The molecule has 1 aliphatic rings. The number of hydrogen-bond acceptors (Lipinski definition) is 5. The van der Waals surface area contributed by atoms with Gasteiger partial charge in [-0.3, -0.25) is 14.9 Å². The maximum absolute atomic E-state index is 13.6. The Hall–Kier alpha value is -2.32. The normalized spacial score (nSPS) is 20.4. The lowest BCUT2D eigenvalue weighted by Crippen LogP contribution is -2.48. The maximum Gasteiger partial charge on any atom is 0.273 e. The van der Waals surface area contributed by atoms with E-state index in [2.05, 4.69) is 10.3 Å². The average Bonchev–Trinajstić information content (AvgIpc) is 3.02. The van der Waals surface area contributed by atoms with Crippen molar-refractivity contribution in [3.63, 3.8) is 0 Å². The van der Waals surface area contributed by atoms with Crippen molar-refractivity contribution in [1.82, 2.24) is 9.88 Å². The number of amides is 2. The first-order valence-electron chi connectivity index (χ1n) is 7.90. The zero-order valence-corrected chi connectivity index (χ0v) is 14.7. The fourth-order valence-electron chi connectivity index (χ4n) is 2.74. The summed E-state index contributed by atoms with van der Waals surface area (Å²) in [6.45, 7) is 4.82. The van der Waals surface area contributed by atoms with Gasteiger partial charge < -0.3 is 9.64 Å². The highest BCUT2D eigenvalue weighted by Gasteiger charge is 2.28. The summed E-state index contributed by atoms with van der Waals surface area (Å²) < 4.78 is 19.3. The molecule has 0 radical (unpaired) electrons. The third-order valence-electron chi connectivity index (χ3n) is 3.77. The number of benzene rings is 1. The van der Waals surface area contributed by atoms with Gasteiger partial charge in [0.05, 0.1) is 17.8 Å². The quantitative estimate of drug-likeness (QED) is 0.910. The van der Waals surface area contributed by atoms with Crippen LogP contribution in [0.25, 0.3) is 0 Å². The number of anilines is 1. The third kappa shape index (κ3) is 4.02. The minimum atomic E-state index is -0.607. The van der Waals surface area contributed by atoms with Crippen LogP contribution in [-0.4, -0.2) is 47.0 Å². The Balaban J connectivity index is 1.69. The Labute approximate surface area is 148 Å². The molecule has 2 unspecified atom stereocenters. The molecule has 0 spiro atoms. The summed E-state index contributed by atoms with van der Waals surface area (Å²) in [5.74, 6) is -1.41. The van der Waals surface area contributed by atoms with Crippen molar-refractivity contribution >= 4 is 28.3 Å². The molecule has 132 valence electrons. The lowest BCUT2D eigenvalue weighted by molar-refractivity contribution is -0.0587. The lowest BCUT2D eigenvalue weighted by Gasteiger charge is -2.34. The summed E-state index contributed by atoms with van der Waals surface area (Å²) in [6.07, 6.45) is -0.0712. The molecule has 0 aliphatic carbocycles. The van der Waals surface area contributed by atoms with E-state index in [1.54, 1.807) is 16.3 Å². The Kier molecular flexibility index (Phi) is 5.10. The van der Waals surface area contributed by atoms with Crippen LogP contribution in [0.3, 0.4) is 0 Å². The third-order valence-corrected chi connectivity index (χ3v) is 4.53. The molecule has 2 aromatic rings. The number of hydrogen-bond donors (Lipinski definition) is 1. The Morgan fingerprint density at radius 1 is 1.28 bits per heavy atom. The predicted octanol–water partition coefficient (Wildman–Crippen LogP) is 2.78. The number of carbonyl (C=O) groups excluding carboxylic acids is 2. The molecule has 25 heavy (non-hydrogen) atoms. The molecular formula is C17H18FN3O3S. The van der Waals surface area contributed by atoms with Crippen LogP contribution in [0, 0.1) is 5.82 Å². The van der Waals surface area contributed by atoms with E-state index in [1.165, 1.54) is 18.2 Å². The maximum atomic E-state index is 13.6. The van der Waals surface area contributed by atoms with Gasteiger partial charge in [0, 0.05) is 18.5 Å². The Morgan fingerprint density at radius 2 is 1.96 bits per heavy atom. The number of ether oxygens (including phenoxy) is 1. The minimum absolute atomic E-state index is 0.0356. The number of halogens is 1. The van der Waals surface area contributed by atoms with E-state index in [0.717, 1.165) is 11.3 Å². The topological polar surface area (TPSA) is 71.5 Å². The van der Waals surface area contributed by atoms with Gasteiger partial charge in [0.2, 0.25) is 0 Å². The van der Waals surface area contributed by atoms with Crippen LogP contribution < -0.4 is 5.32 Å². The highest BCUT2D eigenvalue weighted by atomic mass is 32.1. The number of carbonyl (C=O) groups is 2. The smallest absolute Gasteiger partial charge is 0.273 e. The van der Waals surface area contributed by atoms with Gasteiger partial charge in [-0.1, -0.05) is 12.1 Å². The van der Waals surface area contributed by atoms with E-state index in [-0.39, 0.29) is 34.5 Å². The first kappa shape index (κ1) is 17.5. The minimum Gasteiger partial charge on any atom is -0.372 e. The van der Waals surface area contributed by atoms with Gasteiger partial charge in [0.1, 0.15) is 11.5 Å². The van der Waals surface area contributed by atoms with E-state index in [1.807, 2.05) is 13.8 Å². The molecule has 1 aromatic carbocycles. The molecule has 1 saturated heterocycles. The van der Waals surface area contributed by atoms with Crippen LogP contribution in [0.4, 0.5) is 9.52 Å². The van der Waals surface area contributed by atoms with Crippen molar-refractivity contribution in [3.8, 4) is 0 Å². The van der Waals surface area contributed by atoms with Gasteiger partial charge in [-0.2, -0.15) is 0 Å². The summed E-state index contributed by atoms with van der Waals surface area (Å²) in [5.41, 5.74) is 0.191. The van der Waals surface area contributed by atoms with Crippen molar-refractivity contribution in [1.29, 1.82) is 0 Å². The number of nitrogens with zero attached hydrogens (tertiary/aromatic N) is 2. The van der Waals surface area contributed by atoms with Gasteiger partial charge in [-0.25, -0.2) is 9.37 Å². The predicted molar refractivity (Wildman–Crippen MR) is 92.4 cm³/mol. The Bertz CT molecular complexity index is 785. The van der Waals surface area contributed by atoms with Crippen LogP contribution in [0.15, 0.2) is 29.6 Å². The lowest BCUT2D eigenvalue weighted by atomic mass is 10.2. The van der Waals surface area contributed by atoms with Gasteiger partial charge in [-0.15, -0.1) is 11.3 Å². The Morgan fingerprint density at radius 3 is 2.64 bits per heavy atom. The molecule has 2 heterocycles. The van der Waals surface area contributed by atoms with Gasteiger partial charge in [0.25, 0.3) is 11.8 Å². The summed E-state index contributed by atoms with van der Waals surface area (Å²) in [7, 11) is 0. The zero-order valence-electron chi connectivity index (χ0n) is 13.9. The van der Waals surface area contributed by atoms with Gasteiger partial charge in [0.15, 0.2) is 5.13 Å². The van der Waals surface area contributed by atoms with Crippen molar-refractivity contribution in [2.75, 3.05) is 18.4 Å². The molecule has 8 heteroatoms. The number of aromatic nitrogens is 1. The highest BCUT2D eigenvalue weighted by molar-refractivity contribution is 7.14. The summed E-state index contributed by atoms with van der Waals surface area (Å²) >= 11 is 1.13. The van der Waals surface area contributed by atoms with Gasteiger partial charge in [-0.05, 0) is 26.0 Å². The monoisotopic (exact) mass is 363 g/mol. The van der Waals surface area contributed by atoms with E-state index in [4.69, 9.17) is 4.74 Å². The van der Waals surface area contributed by atoms with Crippen molar-refractivity contribution in [3.05, 3.63) is 46.7 Å². The second kappa shape index (κ2) is 7.28. The molecule has 1 aliphatic heterocycles. The molecular weight excluding hydrogens is 345 g/mol. The largest absolute Gasteiger partial charge is 0.372 e. The van der Waals surface area contributed by atoms with Crippen LogP contribution in [0.5, 0.6) is 0 Å². The number of morpholine rings is 1. The van der Waals surface area contributed by atoms with Crippen molar-refractivity contribution < 1.29 is 18.7 Å². The molecule has 0 saturated carbocycles. The summed E-state index contributed by atoms with van der Waals surface area (Å²) in [4.78, 5) is 30.5. The molecule has 6 nitrogen and oxygen atoms in total. The molecule has 3 rings (SSSR count). The highest BCUT2D eigenvalue weighted by Crippen LogP contribution is 2.20. The van der Waals surface area contributed by atoms with E-state index in [0.29, 0.717) is 13.1 Å². The second-order valence-electron chi connectivity index (χ2n) is 5.94. The fourth-order valence-corrected chi connectivity index (χ4v) is 3.42. The molecule has 0 bridgehead atoms. The van der Waals surface area contributed by atoms with Crippen molar-refractivity contribution in [2.45, 2.75) is 26.1 Å². The van der Waals surface area contributed by atoms with E-state index >= 15 is 0 Å². The average molecular weight is 363 g/mol. The molecule has 2 atom stereocenters. The zero-order chi connectivity index (χ0) is 18.0. The van der Waals surface area contributed by atoms with Crippen LogP contribution in [-0.2, 0) is 4.74 Å². The first-order chi connectivity index (χ1) is 11.9. The van der Waals surface area contributed by atoms with Crippen molar-refractivity contribution in [2.24, 2.45) is 0 Å². The number of thiazole rings is 1. The molecule has 2 amide bonds. The SMILES string of the molecule is CC1CN(C(=O)c2csc(NC(=O)c3ccccc3F)n2)CC(C)O1. The van der Waals surface area contributed by atoms with Crippen LogP contribution in [0.2, 0.25) is 0 Å².